The minimum atomic E-state index is 0.562. The molecule has 0 aliphatic heterocycles. The second kappa shape index (κ2) is 7.06. The number of hydrogen-bond acceptors (Lipinski definition) is 4. The quantitative estimate of drug-likeness (QED) is 0.502. The Kier molecular flexibility index (Phi) is 5.40. The molecule has 1 heterocycles. The molecular formula is C15H24N2OS. The second-order valence-electron chi connectivity index (χ2n) is 5.74. The number of rotatable bonds is 5. The van der Waals surface area contributed by atoms with E-state index in [-0.39, 0.29) is 0 Å². The molecule has 0 saturated heterocycles. The molecule has 3 nitrogen and oxygen atoms in total. The van der Waals surface area contributed by atoms with E-state index in [1.807, 2.05) is 11.3 Å². The molecule has 1 atom stereocenters. The largest absolute Gasteiger partial charge is 0.411 e. The highest BCUT2D eigenvalue weighted by molar-refractivity contribution is 7.10. The van der Waals surface area contributed by atoms with Crippen LogP contribution in [0.1, 0.15) is 43.0 Å². The molecule has 1 aromatic heterocycles. The average Bonchev–Trinajstić information content (AvgIpc) is 2.91. The Labute approximate surface area is 119 Å². The SMILES string of the molecule is CN(C)C(c1cccs1)C1CCC(C/C=N/O)CC1. The summed E-state index contributed by atoms with van der Waals surface area (Å²) in [6, 6.07) is 4.98. The first-order valence-electron chi connectivity index (χ1n) is 7.08. The van der Waals surface area contributed by atoms with Crippen molar-refractivity contribution in [3.8, 4) is 0 Å². The molecule has 1 fully saturated rings. The number of thiophene rings is 1. The van der Waals surface area contributed by atoms with Gasteiger partial charge in [0.05, 0.1) is 0 Å². The number of hydrogen-bond donors (Lipinski definition) is 1. The summed E-state index contributed by atoms with van der Waals surface area (Å²) in [6.07, 6.45) is 7.65. The highest BCUT2D eigenvalue weighted by Crippen LogP contribution is 2.41. The van der Waals surface area contributed by atoms with Gasteiger partial charge in [0.15, 0.2) is 0 Å². The normalized spacial score (nSPS) is 26.1. The summed E-state index contributed by atoms with van der Waals surface area (Å²) < 4.78 is 0. The van der Waals surface area contributed by atoms with Crippen LogP contribution in [-0.2, 0) is 0 Å². The van der Waals surface area contributed by atoms with Crippen LogP contribution < -0.4 is 0 Å². The molecule has 1 saturated carbocycles. The Bertz CT molecular complexity index is 381. The van der Waals surface area contributed by atoms with Gasteiger partial charge in [-0.2, -0.15) is 0 Å². The molecule has 19 heavy (non-hydrogen) atoms. The van der Waals surface area contributed by atoms with Gasteiger partial charge in [0.25, 0.3) is 0 Å². The van der Waals surface area contributed by atoms with Gasteiger partial charge in [-0.3, -0.25) is 0 Å². The van der Waals surface area contributed by atoms with Crippen LogP contribution in [0, 0.1) is 11.8 Å². The molecule has 2 rings (SSSR count). The van der Waals surface area contributed by atoms with E-state index in [0.717, 1.165) is 12.3 Å². The zero-order valence-electron chi connectivity index (χ0n) is 11.8. The average molecular weight is 280 g/mol. The van der Waals surface area contributed by atoms with Gasteiger partial charge in [-0.05, 0) is 69.5 Å². The maximum atomic E-state index is 8.50. The maximum absolute atomic E-state index is 8.50. The maximum Gasteiger partial charge on any atom is 0.0463 e. The van der Waals surface area contributed by atoms with Crippen LogP contribution in [0.2, 0.25) is 0 Å². The Morgan fingerprint density at radius 1 is 1.42 bits per heavy atom. The highest BCUT2D eigenvalue weighted by atomic mass is 32.1. The fraction of sp³-hybridized carbons (Fsp3) is 0.667. The molecule has 1 unspecified atom stereocenters. The first-order valence-corrected chi connectivity index (χ1v) is 7.96. The molecule has 106 valence electrons. The van der Waals surface area contributed by atoms with Crippen LogP contribution in [-0.4, -0.2) is 30.4 Å². The first-order chi connectivity index (χ1) is 9.22. The van der Waals surface area contributed by atoms with Gasteiger partial charge in [0.1, 0.15) is 0 Å². The summed E-state index contributed by atoms with van der Waals surface area (Å²) in [6.45, 7) is 0. The lowest BCUT2D eigenvalue weighted by atomic mass is 9.77. The second-order valence-corrected chi connectivity index (χ2v) is 6.72. The van der Waals surface area contributed by atoms with Crippen LogP contribution >= 0.6 is 11.3 Å². The van der Waals surface area contributed by atoms with Crippen molar-refractivity contribution in [2.75, 3.05) is 14.1 Å². The number of nitrogens with zero attached hydrogens (tertiary/aromatic N) is 2. The molecule has 4 heteroatoms. The Morgan fingerprint density at radius 3 is 2.68 bits per heavy atom. The minimum absolute atomic E-state index is 0.562. The van der Waals surface area contributed by atoms with Crippen molar-refractivity contribution >= 4 is 17.6 Å². The first kappa shape index (κ1) is 14.5. The third-order valence-electron chi connectivity index (χ3n) is 4.25. The van der Waals surface area contributed by atoms with Crippen LogP contribution in [0.5, 0.6) is 0 Å². The van der Waals surface area contributed by atoms with Gasteiger partial charge >= 0.3 is 0 Å². The lowest BCUT2D eigenvalue weighted by Gasteiger charge is -2.36. The summed E-state index contributed by atoms with van der Waals surface area (Å²) in [4.78, 5) is 3.86. The molecule has 1 aromatic rings. The van der Waals surface area contributed by atoms with E-state index in [1.54, 1.807) is 6.21 Å². The van der Waals surface area contributed by atoms with Crippen LogP contribution in [0.3, 0.4) is 0 Å². The van der Waals surface area contributed by atoms with Crippen molar-refractivity contribution in [3.63, 3.8) is 0 Å². The van der Waals surface area contributed by atoms with Gasteiger partial charge in [-0.25, -0.2) is 0 Å². The van der Waals surface area contributed by atoms with Crippen LogP contribution in [0.4, 0.5) is 0 Å². The lowest BCUT2D eigenvalue weighted by molar-refractivity contribution is 0.153. The highest BCUT2D eigenvalue weighted by Gasteiger charge is 2.30. The van der Waals surface area contributed by atoms with Crippen molar-refractivity contribution in [1.82, 2.24) is 4.90 Å². The van der Waals surface area contributed by atoms with E-state index in [9.17, 15) is 0 Å². The van der Waals surface area contributed by atoms with Crippen molar-refractivity contribution in [3.05, 3.63) is 22.4 Å². The van der Waals surface area contributed by atoms with Gasteiger partial charge in [0.2, 0.25) is 0 Å². The molecule has 0 spiro atoms. The topological polar surface area (TPSA) is 35.8 Å². The molecule has 0 aromatic carbocycles. The predicted octanol–water partition coefficient (Wildman–Crippen LogP) is 4.01. The standard InChI is InChI=1S/C15H24N2OS/c1-17(2)15(14-4-3-11-19-14)13-7-5-12(6-8-13)9-10-16-18/h3-4,10-13,15,18H,5-9H2,1-2H3/b16-10+. The van der Waals surface area contributed by atoms with E-state index < -0.39 is 0 Å². The summed E-state index contributed by atoms with van der Waals surface area (Å²) in [5.41, 5.74) is 0. The van der Waals surface area contributed by atoms with Crippen molar-refractivity contribution < 1.29 is 5.21 Å². The third-order valence-corrected chi connectivity index (χ3v) is 5.19. The van der Waals surface area contributed by atoms with Gasteiger partial charge < -0.3 is 10.1 Å². The Morgan fingerprint density at radius 2 is 2.16 bits per heavy atom. The molecule has 0 amide bonds. The zero-order valence-corrected chi connectivity index (χ0v) is 12.6. The molecule has 1 aliphatic rings. The smallest absolute Gasteiger partial charge is 0.0463 e. The van der Waals surface area contributed by atoms with E-state index in [0.29, 0.717) is 12.0 Å². The Balaban J connectivity index is 1.95. The van der Waals surface area contributed by atoms with Gasteiger partial charge in [-0.15, -0.1) is 16.5 Å². The van der Waals surface area contributed by atoms with Crippen molar-refractivity contribution in [2.24, 2.45) is 17.0 Å². The van der Waals surface area contributed by atoms with Gasteiger partial charge in [-0.1, -0.05) is 6.07 Å². The van der Waals surface area contributed by atoms with Gasteiger partial charge in [0, 0.05) is 17.1 Å². The molecule has 1 aliphatic carbocycles. The van der Waals surface area contributed by atoms with Crippen LogP contribution in [0.25, 0.3) is 0 Å². The fourth-order valence-corrected chi connectivity index (χ4v) is 4.32. The van der Waals surface area contributed by atoms with E-state index in [1.165, 1.54) is 30.6 Å². The van der Waals surface area contributed by atoms with Crippen molar-refractivity contribution in [1.29, 1.82) is 0 Å². The summed E-state index contributed by atoms with van der Waals surface area (Å²) >= 11 is 1.87. The summed E-state index contributed by atoms with van der Waals surface area (Å²) in [5, 5.41) is 13.8. The summed E-state index contributed by atoms with van der Waals surface area (Å²) in [5.74, 6) is 1.47. The van der Waals surface area contributed by atoms with E-state index >= 15 is 0 Å². The Hall–Kier alpha value is -0.870. The molecule has 1 N–H and O–H groups in total. The van der Waals surface area contributed by atoms with Crippen molar-refractivity contribution in [2.45, 2.75) is 38.1 Å². The number of oxime groups is 1. The lowest BCUT2D eigenvalue weighted by Crippen LogP contribution is -2.29. The fourth-order valence-electron chi connectivity index (χ4n) is 3.30. The molecular weight excluding hydrogens is 256 g/mol. The van der Waals surface area contributed by atoms with E-state index in [2.05, 4.69) is 41.7 Å². The predicted molar refractivity (Wildman–Crippen MR) is 81.1 cm³/mol. The summed E-state index contributed by atoms with van der Waals surface area (Å²) in [7, 11) is 4.38. The van der Waals surface area contributed by atoms with E-state index in [4.69, 9.17) is 5.21 Å². The zero-order chi connectivity index (χ0) is 13.7. The van der Waals surface area contributed by atoms with Crippen LogP contribution in [0.15, 0.2) is 22.7 Å². The molecule has 0 bridgehead atoms. The third kappa shape index (κ3) is 3.80. The monoisotopic (exact) mass is 280 g/mol. The molecule has 0 radical (unpaired) electrons. The minimum Gasteiger partial charge on any atom is -0.411 e.